The van der Waals surface area contributed by atoms with Crippen molar-refractivity contribution in [2.75, 3.05) is 20.8 Å². The van der Waals surface area contributed by atoms with E-state index >= 15 is 0 Å². The highest BCUT2D eigenvalue weighted by Gasteiger charge is 2.26. The number of hydrogen-bond donors (Lipinski definition) is 0. The van der Waals surface area contributed by atoms with Crippen LogP contribution in [0.5, 0.6) is 11.5 Å². The van der Waals surface area contributed by atoms with Gasteiger partial charge in [-0.05, 0) is 29.7 Å². The third kappa shape index (κ3) is 2.49. The number of aryl methyl sites for hydroxylation is 1. The molecule has 0 N–H and O–H groups in total. The summed E-state index contributed by atoms with van der Waals surface area (Å²) in [7, 11) is 3.21. The number of carbonyl (C=O) groups excluding carboxylic acids is 1. The van der Waals surface area contributed by atoms with Crippen molar-refractivity contribution in [3.63, 3.8) is 0 Å². The molecule has 0 saturated carbocycles. The van der Waals surface area contributed by atoms with Crippen LogP contribution in [-0.4, -0.2) is 41.7 Å². The number of amides is 1. The number of ether oxygens (including phenoxy) is 2. The minimum absolute atomic E-state index is 0.0985. The minimum atomic E-state index is -0.225. The normalized spacial score (nSPS) is 13.7. The van der Waals surface area contributed by atoms with Gasteiger partial charge in [-0.25, -0.2) is 0 Å². The molecular formula is C15H17N3O4. The predicted octanol–water partition coefficient (Wildman–Crippen LogP) is 1.59. The number of benzene rings is 1. The SMILES string of the molecule is COc1cc2c(cc1OC)CN(C(=O)c1noc(C)n1)CC2. The van der Waals surface area contributed by atoms with Gasteiger partial charge in [-0.15, -0.1) is 0 Å². The fraction of sp³-hybridized carbons (Fsp3) is 0.400. The van der Waals surface area contributed by atoms with Gasteiger partial charge in [0.15, 0.2) is 11.5 Å². The zero-order chi connectivity index (χ0) is 15.7. The van der Waals surface area contributed by atoms with Crippen LogP contribution in [-0.2, 0) is 13.0 Å². The van der Waals surface area contributed by atoms with Crippen LogP contribution in [0, 0.1) is 6.92 Å². The number of aromatic nitrogens is 2. The Balaban J connectivity index is 1.85. The second-order valence-corrected chi connectivity index (χ2v) is 5.09. The molecule has 1 amide bonds. The van der Waals surface area contributed by atoms with Gasteiger partial charge < -0.3 is 18.9 Å². The fourth-order valence-electron chi connectivity index (χ4n) is 2.58. The summed E-state index contributed by atoms with van der Waals surface area (Å²) < 4.78 is 15.5. The first kappa shape index (κ1) is 14.4. The molecule has 7 nitrogen and oxygen atoms in total. The molecule has 22 heavy (non-hydrogen) atoms. The highest BCUT2D eigenvalue weighted by atomic mass is 16.5. The van der Waals surface area contributed by atoms with Gasteiger partial charge in [-0.2, -0.15) is 4.98 Å². The maximum absolute atomic E-state index is 12.4. The van der Waals surface area contributed by atoms with Gasteiger partial charge in [0.1, 0.15) is 0 Å². The van der Waals surface area contributed by atoms with Crippen molar-refractivity contribution in [1.82, 2.24) is 15.0 Å². The molecule has 0 spiro atoms. The van der Waals surface area contributed by atoms with Gasteiger partial charge in [0.2, 0.25) is 5.89 Å². The van der Waals surface area contributed by atoms with E-state index in [9.17, 15) is 4.79 Å². The predicted molar refractivity (Wildman–Crippen MR) is 77.0 cm³/mol. The monoisotopic (exact) mass is 303 g/mol. The van der Waals surface area contributed by atoms with E-state index in [1.165, 1.54) is 0 Å². The maximum Gasteiger partial charge on any atom is 0.295 e. The van der Waals surface area contributed by atoms with E-state index in [1.54, 1.807) is 26.0 Å². The Kier molecular flexibility index (Phi) is 3.70. The largest absolute Gasteiger partial charge is 0.493 e. The van der Waals surface area contributed by atoms with E-state index in [-0.39, 0.29) is 11.7 Å². The smallest absolute Gasteiger partial charge is 0.295 e. The van der Waals surface area contributed by atoms with Crippen molar-refractivity contribution in [3.05, 3.63) is 35.0 Å². The van der Waals surface area contributed by atoms with Crippen LogP contribution in [0.25, 0.3) is 0 Å². The van der Waals surface area contributed by atoms with Gasteiger partial charge in [-0.1, -0.05) is 5.16 Å². The van der Waals surface area contributed by atoms with Crippen LogP contribution < -0.4 is 9.47 Å². The molecule has 0 aliphatic carbocycles. The third-order valence-corrected chi connectivity index (χ3v) is 3.72. The summed E-state index contributed by atoms with van der Waals surface area (Å²) in [5.41, 5.74) is 2.20. The van der Waals surface area contributed by atoms with Gasteiger partial charge in [-0.3, -0.25) is 4.79 Å². The molecule has 0 bridgehead atoms. The average Bonchev–Trinajstić information content (AvgIpc) is 2.98. The molecule has 116 valence electrons. The van der Waals surface area contributed by atoms with E-state index < -0.39 is 0 Å². The molecular weight excluding hydrogens is 286 g/mol. The molecule has 0 saturated heterocycles. The lowest BCUT2D eigenvalue weighted by atomic mass is 9.98. The highest BCUT2D eigenvalue weighted by Crippen LogP contribution is 2.33. The standard InChI is InChI=1S/C15H17N3O4/c1-9-16-14(17-22-9)15(19)18-5-4-10-6-12(20-2)13(21-3)7-11(10)8-18/h6-7H,4-5,8H2,1-3H3. The molecule has 0 unspecified atom stereocenters. The van der Waals surface area contributed by atoms with Gasteiger partial charge in [0.25, 0.3) is 11.7 Å². The fourth-order valence-corrected chi connectivity index (χ4v) is 2.58. The number of methoxy groups -OCH3 is 2. The summed E-state index contributed by atoms with van der Waals surface area (Å²) in [4.78, 5) is 18.1. The molecule has 0 radical (unpaired) electrons. The number of nitrogens with zero attached hydrogens (tertiary/aromatic N) is 3. The summed E-state index contributed by atoms with van der Waals surface area (Å²) in [6.45, 7) is 2.75. The number of hydrogen-bond acceptors (Lipinski definition) is 6. The van der Waals surface area contributed by atoms with Crippen molar-refractivity contribution in [2.24, 2.45) is 0 Å². The quantitative estimate of drug-likeness (QED) is 0.857. The van der Waals surface area contributed by atoms with Crippen LogP contribution >= 0.6 is 0 Å². The molecule has 2 aromatic rings. The van der Waals surface area contributed by atoms with Crippen molar-refractivity contribution < 1.29 is 18.8 Å². The molecule has 2 heterocycles. The summed E-state index contributed by atoms with van der Waals surface area (Å²) in [5.74, 6) is 1.62. The van der Waals surface area contributed by atoms with E-state index in [0.29, 0.717) is 30.5 Å². The topological polar surface area (TPSA) is 77.7 Å². The Morgan fingerprint density at radius 3 is 2.50 bits per heavy atom. The highest BCUT2D eigenvalue weighted by molar-refractivity contribution is 5.90. The molecule has 1 aliphatic heterocycles. The molecule has 0 atom stereocenters. The summed E-state index contributed by atoms with van der Waals surface area (Å²) >= 11 is 0. The number of carbonyl (C=O) groups is 1. The molecule has 3 rings (SSSR count). The lowest BCUT2D eigenvalue weighted by molar-refractivity contribution is 0.0718. The van der Waals surface area contributed by atoms with E-state index in [0.717, 1.165) is 17.5 Å². The molecule has 1 aromatic heterocycles. The lowest BCUT2D eigenvalue weighted by Crippen LogP contribution is -2.36. The first-order valence-electron chi connectivity index (χ1n) is 6.95. The molecule has 1 aromatic carbocycles. The summed E-state index contributed by atoms with van der Waals surface area (Å²) in [6, 6.07) is 3.88. The number of rotatable bonds is 3. The summed E-state index contributed by atoms with van der Waals surface area (Å²) in [5, 5.41) is 3.69. The van der Waals surface area contributed by atoms with Crippen LogP contribution in [0.1, 0.15) is 27.6 Å². The molecule has 1 aliphatic rings. The maximum atomic E-state index is 12.4. The van der Waals surface area contributed by atoms with Crippen LogP contribution in [0.4, 0.5) is 0 Å². The first-order chi connectivity index (χ1) is 10.6. The molecule has 7 heteroatoms. The van der Waals surface area contributed by atoms with Crippen molar-refractivity contribution in [3.8, 4) is 11.5 Å². The van der Waals surface area contributed by atoms with Gasteiger partial charge in [0, 0.05) is 20.0 Å². The lowest BCUT2D eigenvalue weighted by Gasteiger charge is -2.28. The van der Waals surface area contributed by atoms with Crippen molar-refractivity contribution in [2.45, 2.75) is 19.9 Å². The van der Waals surface area contributed by atoms with Gasteiger partial charge >= 0.3 is 0 Å². The van der Waals surface area contributed by atoms with Crippen LogP contribution in [0.15, 0.2) is 16.7 Å². The second-order valence-electron chi connectivity index (χ2n) is 5.09. The van der Waals surface area contributed by atoms with Gasteiger partial charge in [0.05, 0.1) is 14.2 Å². The Labute approximate surface area is 127 Å². The van der Waals surface area contributed by atoms with E-state index in [1.807, 2.05) is 12.1 Å². The second kappa shape index (κ2) is 5.67. The van der Waals surface area contributed by atoms with E-state index in [4.69, 9.17) is 14.0 Å². The van der Waals surface area contributed by atoms with Crippen molar-refractivity contribution in [1.29, 1.82) is 0 Å². The Morgan fingerprint density at radius 1 is 1.23 bits per heavy atom. The van der Waals surface area contributed by atoms with Crippen molar-refractivity contribution >= 4 is 5.91 Å². The van der Waals surface area contributed by atoms with Crippen LogP contribution in [0.3, 0.4) is 0 Å². The number of fused-ring (bicyclic) bond motifs is 1. The zero-order valence-corrected chi connectivity index (χ0v) is 12.8. The molecule has 0 fully saturated rings. The Morgan fingerprint density at radius 2 is 1.91 bits per heavy atom. The Bertz CT molecular complexity index is 711. The average molecular weight is 303 g/mol. The van der Waals surface area contributed by atoms with E-state index in [2.05, 4.69) is 10.1 Å². The zero-order valence-electron chi connectivity index (χ0n) is 12.8. The summed E-state index contributed by atoms with van der Waals surface area (Å²) in [6.07, 6.45) is 0.748. The third-order valence-electron chi connectivity index (χ3n) is 3.72. The minimum Gasteiger partial charge on any atom is -0.493 e. The van der Waals surface area contributed by atoms with Crippen LogP contribution in [0.2, 0.25) is 0 Å². The first-order valence-corrected chi connectivity index (χ1v) is 6.95. The Hall–Kier alpha value is -2.57.